The van der Waals surface area contributed by atoms with E-state index in [1.165, 1.54) is 218 Å². The van der Waals surface area contributed by atoms with Crippen LogP contribution in [0, 0.1) is 0 Å². The molecule has 0 aromatic heterocycles. The lowest BCUT2D eigenvalue weighted by Gasteiger charge is -2.18. The van der Waals surface area contributed by atoms with Crippen LogP contribution in [0.5, 0.6) is 0 Å². The second kappa shape index (κ2) is 57.2. The lowest BCUT2D eigenvalue weighted by Crippen LogP contribution is -2.30. The molecule has 0 fully saturated rings. The molecule has 0 saturated carbocycles. The third kappa shape index (κ3) is 54.5. The Morgan fingerprint density at radius 2 is 0.636 bits per heavy atom. The molecule has 66 heavy (non-hydrogen) atoms. The molecule has 1 unspecified atom stereocenters. The third-order valence-electron chi connectivity index (χ3n) is 12.8. The van der Waals surface area contributed by atoms with Gasteiger partial charge in [-0.2, -0.15) is 0 Å². The van der Waals surface area contributed by atoms with Gasteiger partial charge in [-0.15, -0.1) is 0 Å². The minimum atomic E-state index is -0.541. The number of esters is 2. The molecule has 0 aliphatic heterocycles. The molecule has 0 aliphatic rings. The summed E-state index contributed by atoms with van der Waals surface area (Å²) >= 11 is 0. The van der Waals surface area contributed by atoms with Crippen molar-refractivity contribution < 1.29 is 23.8 Å². The first-order chi connectivity index (χ1) is 32.6. The number of carbonyl (C=O) groups excluding carboxylic acids is 2. The number of ether oxygens (including phenoxy) is 3. The van der Waals surface area contributed by atoms with Gasteiger partial charge < -0.3 is 14.2 Å². The molecule has 0 aromatic rings. The Bertz CT molecular complexity index is 1090. The summed E-state index contributed by atoms with van der Waals surface area (Å²) in [7, 11) is 0. The molecule has 1 atom stereocenters. The Labute approximate surface area is 412 Å². The van der Waals surface area contributed by atoms with E-state index in [2.05, 4.69) is 69.4 Å². The van der Waals surface area contributed by atoms with Crippen molar-refractivity contribution in [2.45, 2.75) is 309 Å². The maximum atomic E-state index is 12.8. The maximum Gasteiger partial charge on any atom is 0.306 e. The molecule has 0 rings (SSSR count). The van der Waals surface area contributed by atoms with Crippen molar-refractivity contribution in [3.05, 3.63) is 48.6 Å². The van der Waals surface area contributed by atoms with Crippen molar-refractivity contribution in [2.75, 3.05) is 19.8 Å². The van der Waals surface area contributed by atoms with Crippen LogP contribution in [0.25, 0.3) is 0 Å². The van der Waals surface area contributed by atoms with E-state index in [0.29, 0.717) is 19.4 Å². The van der Waals surface area contributed by atoms with E-state index in [4.69, 9.17) is 14.2 Å². The summed E-state index contributed by atoms with van der Waals surface area (Å²) in [6.45, 7) is 7.82. The molecular weight excluding hydrogens is 813 g/mol. The fraction of sp³-hybridized carbons (Fsp3) is 0.836. The number of hydrogen-bond donors (Lipinski definition) is 0. The Kier molecular flexibility index (Phi) is 55.3. The molecule has 0 heterocycles. The summed E-state index contributed by atoms with van der Waals surface area (Å²) in [6.07, 6.45) is 71.3. The van der Waals surface area contributed by atoms with Crippen LogP contribution in [0.1, 0.15) is 303 Å². The van der Waals surface area contributed by atoms with Gasteiger partial charge in [-0.25, -0.2) is 0 Å². The van der Waals surface area contributed by atoms with E-state index in [9.17, 15) is 9.59 Å². The van der Waals surface area contributed by atoms with Crippen molar-refractivity contribution in [3.8, 4) is 0 Å². The summed E-state index contributed by atoms with van der Waals surface area (Å²) in [5, 5.41) is 0. The van der Waals surface area contributed by atoms with Gasteiger partial charge in [-0.05, 0) is 83.5 Å². The molecule has 386 valence electrons. The summed E-state index contributed by atoms with van der Waals surface area (Å²) in [4.78, 5) is 25.5. The second-order valence-corrected chi connectivity index (χ2v) is 19.5. The first-order valence-electron chi connectivity index (χ1n) is 29.2. The first kappa shape index (κ1) is 63.9. The normalized spacial score (nSPS) is 12.5. The highest BCUT2D eigenvalue weighted by atomic mass is 16.6. The fourth-order valence-electron chi connectivity index (χ4n) is 8.45. The minimum absolute atomic E-state index is 0.0827. The van der Waals surface area contributed by atoms with Crippen molar-refractivity contribution >= 4 is 11.9 Å². The van der Waals surface area contributed by atoms with E-state index in [1.54, 1.807) is 0 Å². The predicted molar refractivity (Wildman–Crippen MR) is 288 cm³/mol. The molecule has 0 saturated heterocycles. The zero-order valence-corrected chi connectivity index (χ0v) is 44.5. The number of unbranched alkanes of at least 4 members (excludes halogenated alkanes) is 35. The Morgan fingerprint density at radius 3 is 1.06 bits per heavy atom. The largest absolute Gasteiger partial charge is 0.462 e. The fourth-order valence-corrected chi connectivity index (χ4v) is 8.45. The molecule has 0 N–H and O–H groups in total. The van der Waals surface area contributed by atoms with E-state index < -0.39 is 6.10 Å². The molecule has 0 amide bonds. The first-order valence-corrected chi connectivity index (χ1v) is 29.2. The van der Waals surface area contributed by atoms with Crippen LogP contribution < -0.4 is 0 Å². The zero-order chi connectivity index (χ0) is 47.7. The van der Waals surface area contributed by atoms with E-state index >= 15 is 0 Å². The maximum absolute atomic E-state index is 12.8. The lowest BCUT2D eigenvalue weighted by atomic mass is 10.0. The number of rotatable bonds is 54. The highest BCUT2D eigenvalue weighted by molar-refractivity contribution is 5.70. The summed E-state index contributed by atoms with van der Waals surface area (Å²) in [5.74, 6) is -0.392. The smallest absolute Gasteiger partial charge is 0.306 e. The van der Waals surface area contributed by atoms with Crippen molar-refractivity contribution in [1.82, 2.24) is 0 Å². The van der Waals surface area contributed by atoms with Crippen LogP contribution in [0.4, 0.5) is 0 Å². The minimum Gasteiger partial charge on any atom is -0.462 e. The highest BCUT2D eigenvalue weighted by Gasteiger charge is 2.17. The molecular formula is C61H112O5. The van der Waals surface area contributed by atoms with Gasteiger partial charge in [0.05, 0.1) is 6.61 Å². The highest BCUT2D eigenvalue weighted by Crippen LogP contribution is 2.16. The SMILES string of the molecule is CCCCC/C=C\C/C=C\C/C=C\CCCCCCCCCOCC(COC(=O)CCCCCCCCC/C=C\CCCCCCCC)OC(=O)CCCCCCCCCCCCCCC. The summed E-state index contributed by atoms with van der Waals surface area (Å²) < 4.78 is 17.5. The van der Waals surface area contributed by atoms with Crippen LogP contribution in [-0.4, -0.2) is 37.9 Å². The Hall–Kier alpha value is -2.14. The number of allylic oxidation sites excluding steroid dienone is 8. The summed E-state index contributed by atoms with van der Waals surface area (Å²) in [6, 6.07) is 0. The van der Waals surface area contributed by atoms with Crippen molar-refractivity contribution in [2.24, 2.45) is 0 Å². The van der Waals surface area contributed by atoms with Gasteiger partial charge in [-0.1, -0.05) is 256 Å². The Balaban J connectivity index is 4.25. The van der Waals surface area contributed by atoms with E-state index in [0.717, 1.165) is 51.4 Å². The van der Waals surface area contributed by atoms with Crippen molar-refractivity contribution in [3.63, 3.8) is 0 Å². The summed E-state index contributed by atoms with van der Waals surface area (Å²) in [5.41, 5.74) is 0. The molecule has 0 spiro atoms. The topological polar surface area (TPSA) is 61.8 Å². The van der Waals surface area contributed by atoms with Crippen LogP contribution in [0.15, 0.2) is 48.6 Å². The van der Waals surface area contributed by atoms with Crippen LogP contribution in [0.2, 0.25) is 0 Å². The Morgan fingerprint density at radius 1 is 0.333 bits per heavy atom. The van der Waals surface area contributed by atoms with Crippen LogP contribution in [0.3, 0.4) is 0 Å². The van der Waals surface area contributed by atoms with Gasteiger partial charge in [0.2, 0.25) is 0 Å². The zero-order valence-electron chi connectivity index (χ0n) is 44.5. The van der Waals surface area contributed by atoms with Gasteiger partial charge in [0.1, 0.15) is 6.61 Å². The standard InChI is InChI=1S/C61H112O5/c1-4-7-10-13-16-19-22-25-27-29-30-31-33-35-38-41-44-47-50-53-56-64-57-59(66-61(63)55-52-49-46-43-40-36-24-21-18-15-12-9-6-3)58-65-60(62)54-51-48-45-42-39-37-34-32-28-26-23-20-17-14-11-8-5-2/h16,19,25-28,30-31,59H,4-15,17-18,20-24,29,32-58H2,1-3H3/b19-16-,27-25-,28-26-,31-30-. The molecule has 5 nitrogen and oxygen atoms in total. The van der Waals surface area contributed by atoms with Crippen LogP contribution >= 0.6 is 0 Å². The van der Waals surface area contributed by atoms with Gasteiger partial charge in [0.15, 0.2) is 6.10 Å². The number of carbonyl (C=O) groups is 2. The van der Waals surface area contributed by atoms with Gasteiger partial charge in [0, 0.05) is 19.4 Å². The van der Waals surface area contributed by atoms with Gasteiger partial charge in [0.25, 0.3) is 0 Å². The quantitative estimate of drug-likeness (QED) is 0.0345. The molecule has 0 aromatic carbocycles. The average molecular weight is 926 g/mol. The van der Waals surface area contributed by atoms with E-state index in [-0.39, 0.29) is 25.2 Å². The monoisotopic (exact) mass is 925 g/mol. The molecule has 5 heteroatoms. The van der Waals surface area contributed by atoms with E-state index in [1.807, 2.05) is 0 Å². The lowest BCUT2D eigenvalue weighted by molar-refractivity contribution is -0.163. The molecule has 0 aliphatic carbocycles. The van der Waals surface area contributed by atoms with Gasteiger partial charge in [-0.3, -0.25) is 9.59 Å². The third-order valence-corrected chi connectivity index (χ3v) is 12.8. The molecule has 0 bridgehead atoms. The second-order valence-electron chi connectivity index (χ2n) is 19.5. The van der Waals surface area contributed by atoms with Gasteiger partial charge >= 0.3 is 11.9 Å². The average Bonchev–Trinajstić information content (AvgIpc) is 3.32. The number of hydrogen-bond acceptors (Lipinski definition) is 5. The van der Waals surface area contributed by atoms with Crippen LogP contribution in [-0.2, 0) is 23.8 Å². The van der Waals surface area contributed by atoms with Crippen molar-refractivity contribution in [1.29, 1.82) is 0 Å². The predicted octanol–water partition coefficient (Wildman–Crippen LogP) is 19.9. The molecule has 0 radical (unpaired) electrons.